The number of nitrogen functional groups attached to an aromatic ring is 1. The maximum Gasteiger partial charge on any atom is 0.139 e. The summed E-state index contributed by atoms with van der Waals surface area (Å²) in [5.74, 6) is 0.420. The van der Waals surface area contributed by atoms with E-state index in [-0.39, 0.29) is 12.4 Å². The van der Waals surface area contributed by atoms with Gasteiger partial charge in [0.1, 0.15) is 18.2 Å². The molecule has 3 N–H and O–H groups in total. The molecule has 104 valence electrons. The van der Waals surface area contributed by atoms with E-state index in [0.717, 1.165) is 5.56 Å². The van der Waals surface area contributed by atoms with Crippen molar-refractivity contribution in [2.45, 2.75) is 6.61 Å². The van der Waals surface area contributed by atoms with Gasteiger partial charge < -0.3 is 10.5 Å². The largest absolute Gasteiger partial charge is 0.487 e. The van der Waals surface area contributed by atoms with Crippen LogP contribution < -0.4 is 10.5 Å². The molecule has 0 aliphatic carbocycles. The van der Waals surface area contributed by atoms with Crippen molar-refractivity contribution in [1.29, 1.82) is 5.41 Å². The normalized spacial score (nSPS) is 10.3. The molecule has 0 fully saturated rings. The molecule has 20 heavy (non-hydrogen) atoms. The van der Waals surface area contributed by atoms with Gasteiger partial charge in [0.15, 0.2) is 0 Å². The van der Waals surface area contributed by atoms with Gasteiger partial charge in [0.05, 0.1) is 15.1 Å². The van der Waals surface area contributed by atoms with Gasteiger partial charge >= 0.3 is 0 Å². The Labute approximate surface area is 131 Å². The molecule has 0 saturated carbocycles. The van der Waals surface area contributed by atoms with Gasteiger partial charge in [-0.25, -0.2) is 0 Å². The van der Waals surface area contributed by atoms with Crippen molar-refractivity contribution < 1.29 is 4.74 Å². The standard InChI is InChI=1S/C14H11Cl3N2O/c15-10-5-12(17)13(6-11(10)16)20-7-8-3-1-2-4-9(8)14(18)19/h1-6H,7H2,(H3,18,19). The van der Waals surface area contributed by atoms with Crippen LogP contribution in [0.1, 0.15) is 11.1 Å². The van der Waals surface area contributed by atoms with Crippen LogP contribution in [0.4, 0.5) is 0 Å². The number of nitrogens with one attached hydrogen (secondary N) is 1. The SMILES string of the molecule is N=C(N)c1ccccc1COc1cc(Cl)c(Cl)cc1Cl. The number of halogens is 3. The second-order valence-electron chi connectivity index (χ2n) is 4.06. The fourth-order valence-electron chi connectivity index (χ4n) is 1.68. The van der Waals surface area contributed by atoms with Gasteiger partial charge in [-0.15, -0.1) is 0 Å². The van der Waals surface area contributed by atoms with Crippen molar-refractivity contribution in [3.05, 3.63) is 62.6 Å². The van der Waals surface area contributed by atoms with Crippen LogP contribution >= 0.6 is 34.8 Å². The van der Waals surface area contributed by atoms with Crippen LogP contribution in [0.25, 0.3) is 0 Å². The van der Waals surface area contributed by atoms with Gasteiger partial charge in [-0.1, -0.05) is 59.1 Å². The van der Waals surface area contributed by atoms with Crippen molar-refractivity contribution in [1.82, 2.24) is 0 Å². The predicted molar refractivity (Wildman–Crippen MR) is 83.3 cm³/mol. The summed E-state index contributed by atoms with van der Waals surface area (Å²) in [6.07, 6.45) is 0. The number of amidine groups is 1. The lowest BCUT2D eigenvalue weighted by molar-refractivity contribution is 0.306. The molecule has 3 nitrogen and oxygen atoms in total. The lowest BCUT2D eigenvalue weighted by Crippen LogP contribution is -2.14. The molecule has 0 amide bonds. The molecule has 0 unspecified atom stereocenters. The summed E-state index contributed by atoms with van der Waals surface area (Å²) in [5, 5.41) is 8.63. The van der Waals surface area contributed by atoms with Gasteiger partial charge in [0, 0.05) is 17.2 Å². The summed E-state index contributed by atoms with van der Waals surface area (Å²) in [6.45, 7) is 0.230. The summed E-state index contributed by atoms with van der Waals surface area (Å²) in [5.41, 5.74) is 6.94. The Kier molecular flexibility index (Phi) is 4.76. The number of hydrogen-bond acceptors (Lipinski definition) is 2. The van der Waals surface area contributed by atoms with Crippen LogP contribution in [0, 0.1) is 5.41 Å². The van der Waals surface area contributed by atoms with Crippen LogP contribution in [0.5, 0.6) is 5.75 Å². The first-order chi connectivity index (χ1) is 9.49. The third kappa shape index (κ3) is 3.37. The van der Waals surface area contributed by atoms with E-state index in [9.17, 15) is 0 Å². The zero-order valence-corrected chi connectivity index (χ0v) is 12.6. The van der Waals surface area contributed by atoms with E-state index in [2.05, 4.69) is 0 Å². The maximum atomic E-state index is 7.52. The van der Waals surface area contributed by atoms with E-state index in [1.165, 1.54) is 6.07 Å². The van der Waals surface area contributed by atoms with Gasteiger partial charge in [-0.3, -0.25) is 5.41 Å². The number of hydrogen-bond donors (Lipinski definition) is 2. The minimum Gasteiger partial charge on any atom is -0.487 e. The van der Waals surface area contributed by atoms with Crippen molar-refractivity contribution >= 4 is 40.6 Å². The lowest BCUT2D eigenvalue weighted by Gasteiger charge is -2.12. The average molecular weight is 330 g/mol. The predicted octanol–water partition coefficient (Wildman–Crippen LogP) is 4.51. The summed E-state index contributed by atoms with van der Waals surface area (Å²) in [4.78, 5) is 0. The molecule has 2 aromatic carbocycles. The highest BCUT2D eigenvalue weighted by Crippen LogP contribution is 2.34. The zero-order chi connectivity index (χ0) is 14.7. The molecule has 0 heterocycles. The number of ether oxygens (including phenoxy) is 1. The zero-order valence-electron chi connectivity index (χ0n) is 10.3. The topological polar surface area (TPSA) is 59.1 Å². The van der Waals surface area contributed by atoms with Crippen LogP contribution in [0.2, 0.25) is 15.1 Å². The smallest absolute Gasteiger partial charge is 0.139 e. The summed E-state index contributed by atoms with van der Waals surface area (Å²) < 4.78 is 5.62. The molecule has 2 rings (SSSR count). The summed E-state index contributed by atoms with van der Waals surface area (Å²) in [7, 11) is 0. The summed E-state index contributed by atoms with van der Waals surface area (Å²) in [6, 6.07) is 10.3. The first-order valence-corrected chi connectivity index (χ1v) is 6.82. The van der Waals surface area contributed by atoms with Gasteiger partial charge in [0.2, 0.25) is 0 Å². The molecule has 0 aromatic heterocycles. The van der Waals surface area contributed by atoms with E-state index in [4.69, 9.17) is 50.7 Å². The molecular weight excluding hydrogens is 319 g/mol. The van der Waals surface area contributed by atoms with Crippen molar-refractivity contribution in [3.8, 4) is 5.75 Å². The highest BCUT2D eigenvalue weighted by atomic mass is 35.5. The fourth-order valence-corrected chi connectivity index (χ4v) is 2.27. The van der Waals surface area contributed by atoms with Gasteiger partial charge in [-0.2, -0.15) is 0 Å². The highest BCUT2D eigenvalue weighted by Gasteiger charge is 2.09. The fraction of sp³-hybridized carbons (Fsp3) is 0.0714. The Hall–Kier alpha value is -1.42. The Morgan fingerprint density at radius 3 is 2.40 bits per heavy atom. The van der Waals surface area contributed by atoms with Crippen LogP contribution in [-0.2, 0) is 6.61 Å². The quantitative estimate of drug-likeness (QED) is 0.492. The molecular formula is C14H11Cl3N2O. The highest BCUT2D eigenvalue weighted by molar-refractivity contribution is 6.43. The van der Waals surface area contributed by atoms with Crippen LogP contribution in [-0.4, -0.2) is 5.84 Å². The van der Waals surface area contributed by atoms with Gasteiger partial charge in [-0.05, 0) is 6.07 Å². The van der Waals surface area contributed by atoms with E-state index >= 15 is 0 Å². The lowest BCUT2D eigenvalue weighted by atomic mass is 10.1. The van der Waals surface area contributed by atoms with Crippen LogP contribution in [0.3, 0.4) is 0 Å². The molecule has 2 aromatic rings. The number of benzene rings is 2. The number of nitrogens with two attached hydrogens (primary N) is 1. The maximum absolute atomic E-state index is 7.52. The monoisotopic (exact) mass is 328 g/mol. The van der Waals surface area contributed by atoms with Crippen molar-refractivity contribution in [2.24, 2.45) is 5.73 Å². The van der Waals surface area contributed by atoms with E-state index < -0.39 is 0 Å². The Balaban J connectivity index is 2.21. The van der Waals surface area contributed by atoms with Crippen LogP contribution in [0.15, 0.2) is 36.4 Å². The second-order valence-corrected chi connectivity index (χ2v) is 5.28. The van der Waals surface area contributed by atoms with E-state index in [1.54, 1.807) is 12.1 Å². The molecule has 0 atom stereocenters. The van der Waals surface area contributed by atoms with Gasteiger partial charge in [0.25, 0.3) is 0 Å². The Morgan fingerprint density at radius 2 is 1.70 bits per heavy atom. The average Bonchev–Trinajstić information content (AvgIpc) is 2.41. The first kappa shape index (κ1) is 15.0. The van der Waals surface area contributed by atoms with Crippen molar-refractivity contribution in [3.63, 3.8) is 0 Å². The molecule has 0 radical (unpaired) electrons. The van der Waals surface area contributed by atoms with Crippen molar-refractivity contribution in [2.75, 3.05) is 0 Å². The molecule has 0 spiro atoms. The van der Waals surface area contributed by atoms with E-state index in [1.807, 2.05) is 18.2 Å². The molecule has 0 bridgehead atoms. The minimum atomic E-state index is -0.00978. The second kappa shape index (κ2) is 6.35. The molecule has 0 aliphatic rings. The third-order valence-corrected chi connectivity index (χ3v) is 3.68. The van der Waals surface area contributed by atoms with E-state index in [0.29, 0.717) is 26.4 Å². The Bertz CT molecular complexity index is 659. The molecule has 0 saturated heterocycles. The first-order valence-electron chi connectivity index (χ1n) is 5.68. The third-order valence-electron chi connectivity index (χ3n) is 2.67. The summed E-state index contributed by atoms with van der Waals surface area (Å²) >= 11 is 17.8. The molecule has 0 aliphatic heterocycles. The molecule has 6 heteroatoms. The Morgan fingerprint density at radius 1 is 1.05 bits per heavy atom. The minimum absolute atomic E-state index is 0.00978. The number of rotatable bonds is 4.